The summed E-state index contributed by atoms with van der Waals surface area (Å²) in [5.74, 6) is 0.0257. The number of amides is 3. The first-order chi connectivity index (χ1) is 10.6. The van der Waals surface area contributed by atoms with Crippen molar-refractivity contribution in [2.45, 2.75) is 45.6 Å². The van der Waals surface area contributed by atoms with Crippen LogP contribution in [0.15, 0.2) is 0 Å². The third kappa shape index (κ3) is 5.84. The number of carbonyl (C=O) groups is 2. The molecule has 2 saturated heterocycles. The minimum Gasteiger partial charge on any atom is -0.354 e. The Bertz CT molecular complexity index is 388. The number of likely N-dealkylation sites (tertiary alicyclic amines) is 2. The summed E-state index contributed by atoms with van der Waals surface area (Å²) in [4.78, 5) is 28.5. The van der Waals surface area contributed by atoms with E-state index in [-0.39, 0.29) is 36.3 Å². The molecule has 0 saturated carbocycles. The van der Waals surface area contributed by atoms with Crippen LogP contribution in [0.5, 0.6) is 0 Å². The fraction of sp³-hybridized carbons (Fsp3) is 0.875. The third-order valence-electron chi connectivity index (χ3n) is 4.57. The number of carbonyl (C=O) groups excluding carboxylic acids is 2. The molecule has 2 aliphatic rings. The Kier molecular flexibility index (Phi) is 8.69. The third-order valence-corrected chi connectivity index (χ3v) is 4.57. The number of nitrogens with one attached hydrogen (secondary N) is 2. The molecule has 1 unspecified atom stereocenters. The highest BCUT2D eigenvalue weighted by atomic mass is 35.5. The number of hydrogen-bond donors (Lipinski definition) is 2. The molecule has 3 amide bonds. The van der Waals surface area contributed by atoms with Gasteiger partial charge in [-0.1, -0.05) is 6.92 Å². The number of nitrogens with zero attached hydrogens (tertiary/aromatic N) is 2. The molecule has 0 radical (unpaired) electrons. The average molecular weight is 347 g/mol. The van der Waals surface area contributed by atoms with E-state index < -0.39 is 0 Å². The van der Waals surface area contributed by atoms with Gasteiger partial charge in [0.15, 0.2) is 0 Å². The van der Waals surface area contributed by atoms with Gasteiger partial charge in [0.2, 0.25) is 5.91 Å². The molecule has 0 aliphatic carbocycles. The second-order valence-electron chi connectivity index (χ2n) is 6.47. The molecule has 2 rings (SSSR count). The fourth-order valence-corrected chi connectivity index (χ4v) is 3.29. The molecule has 0 aromatic carbocycles. The lowest BCUT2D eigenvalue weighted by Crippen LogP contribution is -2.50. The van der Waals surface area contributed by atoms with Crippen LogP contribution in [0.25, 0.3) is 0 Å². The fourth-order valence-electron chi connectivity index (χ4n) is 3.29. The highest BCUT2D eigenvalue weighted by molar-refractivity contribution is 5.85. The number of piperidine rings is 1. The molecule has 23 heavy (non-hydrogen) atoms. The van der Waals surface area contributed by atoms with E-state index >= 15 is 0 Å². The van der Waals surface area contributed by atoms with Crippen LogP contribution >= 0.6 is 12.4 Å². The van der Waals surface area contributed by atoms with Crippen LogP contribution in [0.1, 0.15) is 39.5 Å². The minimum atomic E-state index is -0.0610. The van der Waals surface area contributed by atoms with E-state index in [0.29, 0.717) is 13.1 Å². The van der Waals surface area contributed by atoms with Crippen molar-refractivity contribution in [2.24, 2.45) is 5.92 Å². The van der Waals surface area contributed by atoms with E-state index in [9.17, 15) is 9.59 Å². The molecule has 6 nitrogen and oxygen atoms in total. The summed E-state index contributed by atoms with van der Waals surface area (Å²) in [6, 6.07) is 0.399. The van der Waals surface area contributed by atoms with Crippen LogP contribution in [-0.2, 0) is 4.79 Å². The zero-order chi connectivity index (χ0) is 15.9. The van der Waals surface area contributed by atoms with Gasteiger partial charge in [-0.05, 0) is 39.2 Å². The second-order valence-corrected chi connectivity index (χ2v) is 6.47. The predicted molar refractivity (Wildman–Crippen MR) is 93.9 cm³/mol. The lowest BCUT2D eigenvalue weighted by Gasteiger charge is -2.34. The first kappa shape index (κ1) is 20.0. The first-order valence-electron chi connectivity index (χ1n) is 8.66. The Balaban J connectivity index is 0.00000264. The normalized spacial score (nSPS) is 22.4. The highest BCUT2D eigenvalue weighted by Gasteiger charge is 2.31. The Labute approximate surface area is 145 Å². The van der Waals surface area contributed by atoms with Crippen LogP contribution < -0.4 is 10.6 Å². The zero-order valence-corrected chi connectivity index (χ0v) is 15.2. The van der Waals surface area contributed by atoms with Crippen molar-refractivity contribution in [3.63, 3.8) is 0 Å². The largest absolute Gasteiger partial charge is 0.354 e. The summed E-state index contributed by atoms with van der Waals surface area (Å²) in [6.45, 7) is 8.75. The standard InChI is InChI=1S/C16H30N4O2.ClH/c1-3-17-13(2)11-18-15(21)14-7-6-10-20(12-14)16(22)19-8-4-5-9-19;/h13-14,17H,3-12H2,1-2H3,(H,18,21);1H/t13-,14?;/m1./s1. The summed E-state index contributed by atoms with van der Waals surface area (Å²) in [7, 11) is 0. The Morgan fingerprint density at radius 2 is 1.78 bits per heavy atom. The molecule has 7 heteroatoms. The van der Waals surface area contributed by atoms with Gasteiger partial charge in [-0.2, -0.15) is 0 Å². The van der Waals surface area contributed by atoms with Crippen molar-refractivity contribution in [3.05, 3.63) is 0 Å². The number of hydrogen-bond acceptors (Lipinski definition) is 3. The summed E-state index contributed by atoms with van der Waals surface area (Å²) in [6.07, 6.45) is 4.00. The van der Waals surface area contributed by atoms with E-state index in [0.717, 1.165) is 51.9 Å². The van der Waals surface area contributed by atoms with Gasteiger partial charge >= 0.3 is 6.03 Å². The number of urea groups is 1. The smallest absolute Gasteiger partial charge is 0.320 e. The van der Waals surface area contributed by atoms with E-state index in [1.807, 2.05) is 9.80 Å². The number of likely N-dealkylation sites (N-methyl/N-ethyl adjacent to an activating group) is 1. The van der Waals surface area contributed by atoms with Crippen LogP contribution in [0.2, 0.25) is 0 Å². The maximum Gasteiger partial charge on any atom is 0.320 e. The quantitative estimate of drug-likeness (QED) is 0.792. The number of halogens is 1. The Morgan fingerprint density at radius 3 is 2.43 bits per heavy atom. The molecule has 0 aromatic rings. The molecule has 134 valence electrons. The van der Waals surface area contributed by atoms with Gasteiger partial charge in [-0.25, -0.2) is 4.79 Å². The topological polar surface area (TPSA) is 64.7 Å². The molecule has 2 fully saturated rings. The van der Waals surface area contributed by atoms with E-state index in [1.54, 1.807) is 0 Å². The molecule has 2 aliphatic heterocycles. The molecular formula is C16H31ClN4O2. The van der Waals surface area contributed by atoms with Crippen molar-refractivity contribution >= 4 is 24.3 Å². The van der Waals surface area contributed by atoms with Crippen LogP contribution in [0.4, 0.5) is 4.79 Å². The SMILES string of the molecule is CCN[C@H](C)CNC(=O)C1CCCN(C(=O)N2CCCC2)C1.Cl. The monoisotopic (exact) mass is 346 g/mol. The van der Waals surface area contributed by atoms with Crippen molar-refractivity contribution in [3.8, 4) is 0 Å². The Morgan fingerprint density at radius 1 is 1.13 bits per heavy atom. The molecule has 2 atom stereocenters. The van der Waals surface area contributed by atoms with Gasteiger partial charge in [0.1, 0.15) is 0 Å². The zero-order valence-electron chi connectivity index (χ0n) is 14.3. The lowest BCUT2D eigenvalue weighted by atomic mass is 9.97. The van der Waals surface area contributed by atoms with Crippen molar-refractivity contribution < 1.29 is 9.59 Å². The Hall–Kier alpha value is -1.01. The molecular weight excluding hydrogens is 316 g/mol. The molecule has 0 spiro atoms. The summed E-state index contributed by atoms with van der Waals surface area (Å²) in [5, 5.41) is 6.29. The molecule has 2 heterocycles. The summed E-state index contributed by atoms with van der Waals surface area (Å²) in [5.41, 5.74) is 0. The van der Waals surface area contributed by atoms with Gasteiger partial charge in [0, 0.05) is 38.8 Å². The van der Waals surface area contributed by atoms with Gasteiger partial charge in [-0.15, -0.1) is 12.4 Å². The van der Waals surface area contributed by atoms with Crippen molar-refractivity contribution in [1.29, 1.82) is 0 Å². The highest BCUT2D eigenvalue weighted by Crippen LogP contribution is 2.19. The van der Waals surface area contributed by atoms with E-state index in [1.165, 1.54) is 0 Å². The van der Waals surface area contributed by atoms with Gasteiger partial charge in [0.05, 0.1) is 5.92 Å². The van der Waals surface area contributed by atoms with E-state index in [4.69, 9.17) is 0 Å². The summed E-state index contributed by atoms with van der Waals surface area (Å²) < 4.78 is 0. The maximum atomic E-state index is 12.4. The molecule has 0 bridgehead atoms. The molecule has 0 aromatic heterocycles. The maximum absolute atomic E-state index is 12.4. The second kappa shape index (κ2) is 9.98. The van der Waals surface area contributed by atoms with Crippen molar-refractivity contribution in [2.75, 3.05) is 39.3 Å². The first-order valence-corrected chi connectivity index (χ1v) is 8.66. The van der Waals surface area contributed by atoms with Crippen LogP contribution in [0.3, 0.4) is 0 Å². The van der Waals surface area contributed by atoms with Crippen molar-refractivity contribution in [1.82, 2.24) is 20.4 Å². The van der Waals surface area contributed by atoms with E-state index in [2.05, 4.69) is 24.5 Å². The summed E-state index contributed by atoms with van der Waals surface area (Å²) >= 11 is 0. The van der Waals surface area contributed by atoms with Gasteiger partial charge in [0.25, 0.3) is 0 Å². The number of rotatable bonds is 5. The lowest BCUT2D eigenvalue weighted by molar-refractivity contribution is -0.126. The average Bonchev–Trinajstić information content (AvgIpc) is 3.06. The van der Waals surface area contributed by atoms with Crippen LogP contribution in [0, 0.1) is 5.92 Å². The predicted octanol–water partition coefficient (Wildman–Crippen LogP) is 1.45. The van der Waals surface area contributed by atoms with Gasteiger partial charge < -0.3 is 20.4 Å². The van der Waals surface area contributed by atoms with Crippen LogP contribution in [-0.4, -0.2) is 67.0 Å². The molecule has 2 N–H and O–H groups in total. The van der Waals surface area contributed by atoms with Gasteiger partial charge in [-0.3, -0.25) is 4.79 Å². The minimum absolute atomic E-state index is 0.